The molecule has 21 heavy (non-hydrogen) atoms. The Balaban J connectivity index is 2.28. The molecule has 1 heterocycles. The number of aryl methyl sites for hydroxylation is 1. The highest BCUT2D eigenvalue weighted by atomic mass is 32.2. The van der Waals surface area contributed by atoms with Gasteiger partial charge in [0.15, 0.2) is 5.17 Å². The molecule has 0 aliphatic carbocycles. The average molecular weight is 307 g/mol. The number of nitro groups is 1. The van der Waals surface area contributed by atoms with Crippen molar-refractivity contribution >= 4 is 34.2 Å². The van der Waals surface area contributed by atoms with Gasteiger partial charge in [0.25, 0.3) is 5.69 Å². The van der Waals surface area contributed by atoms with Gasteiger partial charge in [0, 0.05) is 18.2 Å². The summed E-state index contributed by atoms with van der Waals surface area (Å²) < 4.78 is 0. The van der Waals surface area contributed by atoms with Crippen molar-refractivity contribution in [1.82, 2.24) is 4.90 Å². The van der Waals surface area contributed by atoms with Gasteiger partial charge in [0.2, 0.25) is 5.91 Å². The van der Waals surface area contributed by atoms with E-state index in [4.69, 9.17) is 0 Å². The normalized spacial score (nSPS) is 17.0. The molecule has 1 aliphatic heterocycles. The van der Waals surface area contributed by atoms with Gasteiger partial charge >= 0.3 is 0 Å². The van der Waals surface area contributed by atoms with Crippen LogP contribution in [0.15, 0.2) is 23.2 Å². The Morgan fingerprint density at radius 3 is 2.76 bits per heavy atom. The number of thioether (sulfide) groups is 1. The summed E-state index contributed by atoms with van der Waals surface area (Å²) in [4.78, 5) is 28.4. The van der Waals surface area contributed by atoms with Crippen LogP contribution in [0.1, 0.15) is 19.4 Å². The zero-order valence-electron chi connectivity index (χ0n) is 12.2. The molecular weight excluding hydrogens is 290 g/mol. The molecule has 1 aromatic rings. The number of rotatable bonds is 4. The number of hydrogen-bond donors (Lipinski definition) is 0. The van der Waals surface area contributed by atoms with E-state index >= 15 is 0 Å². The SMILES string of the molecule is Cc1cc(N=C2SCC(=O)N2CC(C)C)ccc1[N+](=O)[O-]. The summed E-state index contributed by atoms with van der Waals surface area (Å²) in [6.07, 6.45) is 0. The molecule has 0 radical (unpaired) electrons. The fraction of sp³-hybridized carbons (Fsp3) is 0.429. The minimum Gasteiger partial charge on any atom is -0.290 e. The Kier molecular flexibility index (Phi) is 4.62. The zero-order chi connectivity index (χ0) is 15.6. The molecule has 0 unspecified atom stereocenters. The van der Waals surface area contributed by atoms with Crippen molar-refractivity contribution in [3.63, 3.8) is 0 Å². The van der Waals surface area contributed by atoms with Crippen LogP contribution in [0.2, 0.25) is 0 Å². The predicted molar refractivity (Wildman–Crippen MR) is 83.9 cm³/mol. The lowest BCUT2D eigenvalue weighted by atomic mass is 10.2. The number of aliphatic imine (C=N–C) groups is 1. The minimum absolute atomic E-state index is 0.0612. The maximum absolute atomic E-state index is 11.9. The van der Waals surface area contributed by atoms with Gasteiger partial charge in [-0.05, 0) is 25.0 Å². The Labute approximate surface area is 127 Å². The Hall–Kier alpha value is -1.89. The van der Waals surface area contributed by atoms with Gasteiger partial charge in [-0.2, -0.15) is 0 Å². The summed E-state index contributed by atoms with van der Waals surface area (Å²) in [5.74, 6) is 0.819. The lowest BCUT2D eigenvalue weighted by Crippen LogP contribution is -2.32. The quantitative estimate of drug-likeness (QED) is 0.632. The average Bonchev–Trinajstić information content (AvgIpc) is 2.70. The Bertz CT molecular complexity index is 613. The largest absolute Gasteiger partial charge is 0.290 e. The van der Waals surface area contributed by atoms with E-state index in [1.807, 2.05) is 13.8 Å². The van der Waals surface area contributed by atoms with Crippen molar-refractivity contribution in [3.05, 3.63) is 33.9 Å². The van der Waals surface area contributed by atoms with Crippen LogP contribution in [0.5, 0.6) is 0 Å². The summed E-state index contributed by atoms with van der Waals surface area (Å²) in [5.41, 5.74) is 1.27. The summed E-state index contributed by atoms with van der Waals surface area (Å²) in [6, 6.07) is 4.72. The number of nitro benzene ring substituents is 1. The molecule has 1 aromatic carbocycles. The first-order chi connectivity index (χ1) is 9.88. The zero-order valence-corrected chi connectivity index (χ0v) is 13.0. The summed E-state index contributed by atoms with van der Waals surface area (Å²) >= 11 is 1.40. The van der Waals surface area contributed by atoms with Crippen molar-refractivity contribution in [2.45, 2.75) is 20.8 Å². The lowest BCUT2D eigenvalue weighted by Gasteiger charge is -2.18. The molecule has 0 saturated carbocycles. The van der Waals surface area contributed by atoms with Gasteiger partial charge in [-0.25, -0.2) is 4.99 Å². The molecule has 1 saturated heterocycles. The summed E-state index contributed by atoms with van der Waals surface area (Å²) in [5, 5.41) is 11.5. The molecule has 112 valence electrons. The molecule has 0 atom stereocenters. The van der Waals surface area contributed by atoms with Crippen molar-refractivity contribution in [1.29, 1.82) is 0 Å². The molecule has 1 aliphatic rings. The minimum atomic E-state index is -0.412. The third kappa shape index (κ3) is 3.60. The first kappa shape index (κ1) is 15.5. The van der Waals surface area contributed by atoms with Crippen molar-refractivity contribution in [3.8, 4) is 0 Å². The van der Waals surface area contributed by atoms with E-state index in [0.717, 1.165) is 0 Å². The van der Waals surface area contributed by atoms with Crippen LogP contribution in [0.25, 0.3) is 0 Å². The number of amides is 1. The highest BCUT2D eigenvalue weighted by Crippen LogP contribution is 2.27. The number of nitrogens with zero attached hydrogens (tertiary/aromatic N) is 3. The summed E-state index contributed by atoms with van der Waals surface area (Å²) in [7, 11) is 0. The van der Waals surface area contributed by atoms with E-state index in [9.17, 15) is 14.9 Å². The topological polar surface area (TPSA) is 75.8 Å². The lowest BCUT2D eigenvalue weighted by molar-refractivity contribution is -0.385. The number of carbonyl (C=O) groups is 1. The second-order valence-corrected chi connectivity index (χ2v) is 6.25. The molecule has 0 spiro atoms. The van der Waals surface area contributed by atoms with Crippen LogP contribution >= 0.6 is 11.8 Å². The first-order valence-electron chi connectivity index (χ1n) is 6.65. The number of hydrogen-bond acceptors (Lipinski definition) is 5. The molecular formula is C14H17N3O3S. The second-order valence-electron chi connectivity index (χ2n) is 5.31. The molecule has 0 aromatic heterocycles. The van der Waals surface area contributed by atoms with Crippen molar-refractivity contribution < 1.29 is 9.72 Å². The standard InChI is InChI=1S/C14H17N3O3S/c1-9(2)7-16-13(18)8-21-14(16)15-11-4-5-12(17(19)20)10(3)6-11/h4-6,9H,7-8H2,1-3H3. The molecule has 2 rings (SSSR count). The van der Waals surface area contributed by atoms with Crippen LogP contribution in [0.4, 0.5) is 11.4 Å². The van der Waals surface area contributed by atoms with E-state index in [0.29, 0.717) is 34.6 Å². The van der Waals surface area contributed by atoms with Gasteiger partial charge in [-0.3, -0.25) is 19.8 Å². The molecule has 0 N–H and O–H groups in total. The number of benzene rings is 1. The van der Waals surface area contributed by atoms with Gasteiger partial charge in [-0.15, -0.1) is 0 Å². The van der Waals surface area contributed by atoms with E-state index in [1.165, 1.54) is 17.8 Å². The van der Waals surface area contributed by atoms with E-state index in [2.05, 4.69) is 4.99 Å². The van der Waals surface area contributed by atoms with Gasteiger partial charge in [-0.1, -0.05) is 25.6 Å². The highest BCUT2D eigenvalue weighted by Gasteiger charge is 2.28. The number of amidine groups is 1. The molecule has 1 fully saturated rings. The monoisotopic (exact) mass is 307 g/mol. The number of carbonyl (C=O) groups excluding carboxylic acids is 1. The van der Waals surface area contributed by atoms with E-state index in [-0.39, 0.29) is 11.6 Å². The second kappa shape index (κ2) is 6.26. The van der Waals surface area contributed by atoms with Crippen LogP contribution in [-0.4, -0.2) is 33.2 Å². The molecule has 7 heteroatoms. The first-order valence-corrected chi connectivity index (χ1v) is 7.64. The van der Waals surface area contributed by atoms with Crippen LogP contribution in [0, 0.1) is 23.0 Å². The van der Waals surface area contributed by atoms with Crippen molar-refractivity contribution in [2.24, 2.45) is 10.9 Å². The van der Waals surface area contributed by atoms with Gasteiger partial charge < -0.3 is 0 Å². The van der Waals surface area contributed by atoms with E-state index < -0.39 is 4.92 Å². The fourth-order valence-corrected chi connectivity index (χ4v) is 2.96. The maximum Gasteiger partial charge on any atom is 0.272 e. The highest BCUT2D eigenvalue weighted by molar-refractivity contribution is 8.15. The third-order valence-electron chi connectivity index (χ3n) is 3.01. The summed E-state index contributed by atoms with van der Waals surface area (Å²) in [6.45, 7) is 6.41. The third-order valence-corrected chi connectivity index (χ3v) is 3.97. The molecule has 1 amide bonds. The molecule has 0 bridgehead atoms. The fourth-order valence-electron chi connectivity index (χ4n) is 2.05. The smallest absolute Gasteiger partial charge is 0.272 e. The van der Waals surface area contributed by atoms with Gasteiger partial charge in [0.1, 0.15) is 0 Å². The Morgan fingerprint density at radius 1 is 1.48 bits per heavy atom. The Morgan fingerprint density at radius 2 is 2.19 bits per heavy atom. The predicted octanol–water partition coefficient (Wildman–Crippen LogP) is 3.12. The van der Waals surface area contributed by atoms with Crippen LogP contribution < -0.4 is 0 Å². The van der Waals surface area contributed by atoms with Crippen molar-refractivity contribution in [2.75, 3.05) is 12.3 Å². The maximum atomic E-state index is 11.9. The van der Waals surface area contributed by atoms with Gasteiger partial charge in [0.05, 0.1) is 16.4 Å². The van der Waals surface area contributed by atoms with Crippen LogP contribution in [0.3, 0.4) is 0 Å². The van der Waals surface area contributed by atoms with Crippen LogP contribution in [-0.2, 0) is 4.79 Å². The molecule has 6 nitrogen and oxygen atoms in total. The van der Waals surface area contributed by atoms with E-state index in [1.54, 1.807) is 24.0 Å².